The SMILES string of the molecule is COC(=O)Cc1ccc(C(NC(=O)CC[C@@](N)(Cc2ccccc2)C(=O)O)C(=O)O)cc1. The summed E-state index contributed by atoms with van der Waals surface area (Å²) < 4.78 is 4.59. The minimum atomic E-state index is -1.67. The second kappa shape index (κ2) is 11.1. The average molecular weight is 442 g/mol. The number of aliphatic carboxylic acids is 2. The van der Waals surface area contributed by atoms with Crippen molar-refractivity contribution < 1.29 is 34.1 Å². The van der Waals surface area contributed by atoms with E-state index in [4.69, 9.17) is 5.73 Å². The number of amides is 1. The lowest BCUT2D eigenvalue weighted by molar-refractivity contribution is -0.145. The van der Waals surface area contributed by atoms with E-state index in [2.05, 4.69) is 10.1 Å². The molecule has 0 aromatic heterocycles. The van der Waals surface area contributed by atoms with Gasteiger partial charge in [0.05, 0.1) is 13.5 Å². The molecule has 2 rings (SSSR count). The van der Waals surface area contributed by atoms with Crippen LogP contribution in [0.5, 0.6) is 0 Å². The van der Waals surface area contributed by atoms with Gasteiger partial charge in [0.25, 0.3) is 0 Å². The molecule has 5 N–H and O–H groups in total. The van der Waals surface area contributed by atoms with Crippen molar-refractivity contribution in [2.24, 2.45) is 5.73 Å². The first-order chi connectivity index (χ1) is 15.1. The van der Waals surface area contributed by atoms with Crippen molar-refractivity contribution in [1.29, 1.82) is 0 Å². The number of methoxy groups -OCH3 is 1. The number of carboxylic acid groups (broad SMARTS) is 2. The Labute approximate surface area is 185 Å². The van der Waals surface area contributed by atoms with Crippen LogP contribution < -0.4 is 11.1 Å². The summed E-state index contributed by atoms with van der Waals surface area (Å²) in [5.41, 5.74) is 6.04. The van der Waals surface area contributed by atoms with Crippen molar-refractivity contribution in [3.8, 4) is 0 Å². The van der Waals surface area contributed by atoms with Crippen LogP contribution in [-0.4, -0.2) is 46.7 Å². The van der Waals surface area contributed by atoms with E-state index in [1.54, 1.807) is 42.5 Å². The Hall–Kier alpha value is -3.72. The maximum Gasteiger partial charge on any atom is 0.330 e. The molecule has 32 heavy (non-hydrogen) atoms. The van der Waals surface area contributed by atoms with E-state index in [1.807, 2.05) is 0 Å². The van der Waals surface area contributed by atoms with Gasteiger partial charge in [-0.1, -0.05) is 54.6 Å². The normalized spacial score (nSPS) is 13.4. The molecule has 0 aliphatic carbocycles. The predicted molar refractivity (Wildman–Crippen MR) is 115 cm³/mol. The monoisotopic (exact) mass is 442 g/mol. The fraction of sp³-hybridized carbons (Fsp3) is 0.304. The highest BCUT2D eigenvalue weighted by Gasteiger charge is 2.35. The third-order valence-corrected chi connectivity index (χ3v) is 5.03. The number of nitrogens with one attached hydrogen (secondary N) is 1. The maximum absolute atomic E-state index is 12.4. The van der Waals surface area contributed by atoms with Crippen molar-refractivity contribution >= 4 is 23.8 Å². The van der Waals surface area contributed by atoms with Gasteiger partial charge in [0.2, 0.25) is 5.91 Å². The Morgan fingerprint density at radius 2 is 1.62 bits per heavy atom. The summed E-state index contributed by atoms with van der Waals surface area (Å²) in [7, 11) is 1.27. The van der Waals surface area contributed by atoms with E-state index >= 15 is 0 Å². The van der Waals surface area contributed by atoms with Crippen molar-refractivity contribution in [1.82, 2.24) is 5.32 Å². The van der Waals surface area contributed by atoms with Gasteiger partial charge in [-0.25, -0.2) is 4.79 Å². The Bertz CT molecular complexity index is 960. The molecule has 170 valence electrons. The van der Waals surface area contributed by atoms with Crippen LogP contribution in [0.4, 0.5) is 0 Å². The van der Waals surface area contributed by atoms with Crippen molar-refractivity contribution in [2.45, 2.75) is 37.3 Å². The second-order valence-electron chi connectivity index (χ2n) is 7.46. The Kier molecular flexibility index (Phi) is 8.48. The fourth-order valence-corrected chi connectivity index (χ4v) is 3.16. The minimum Gasteiger partial charge on any atom is -0.480 e. The van der Waals surface area contributed by atoms with Crippen LogP contribution in [0, 0.1) is 0 Å². The Morgan fingerprint density at radius 3 is 2.16 bits per heavy atom. The van der Waals surface area contributed by atoms with Crippen LogP contribution >= 0.6 is 0 Å². The van der Waals surface area contributed by atoms with Crippen LogP contribution in [-0.2, 0) is 36.8 Å². The van der Waals surface area contributed by atoms with Gasteiger partial charge in [0.1, 0.15) is 5.54 Å². The van der Waals surface area contributed by atoms with Gasteiger partial charge in [-0.2, -0.15) is 0 Å². The summed E-state index contributed by atoms with van der Waals surface area (Å²) >= 11 is 0. The van der Waals surface area contributed by atoms with Gasteiger partial charge in [-0.15, -0.1) is 0 Å². The number of esters is 1. The van der Waals surface area contributed by atoms with E-state index in [9.17, 15) is 29.4 Å². The second-order valence-corrected chi connectivity index (χ2v) is 7.46. The molecule has 0 saturated heterocycles. The smallest absolute Gasteiger partial charge is 0.330 e. The average Bonchev–Trinajstić information content (AvgIpc) is 2.77. The van der Waals surface area contributed by atoms with E-state index in [0.717, 1.165) is 0 Å². The van der Waals surface area contributed by atoms with Gasteiger partial charge in [0.15, 0.2) is 6.04 Å². The number of carbonyl (C=O) groups excluding carboxylic acids is 2. The lowest BCUT2D eigenvalue weighted by Crippen LogP contribution is -2.50. The van der Waals surface area contributed by atoms with Gasteiger partial charge in [-0.05, 0) is 23.1 Å². The number of nitrogens with two attached hydrogens (primary N) is 1. The summed E-state index contributed by atoms with van der Waals surface area (Å²) in [6, 6.07) is 13.6. The number of ether oxygens (including phenoxy) is 1. The highest BCUT2D eigenvalue weighted by Crippen LogP contribution is 2.19. The van der Waals surface area contributed by atoms with Gasteiger partial charge in [0, 0.05) is 12.8 Å². The minimum absolute atomic E-state index is 0.0282. The summed E-state index contributed by atoms with van der Waals surface area (Å²) in [4.78, 5) is 47.2. The van der Waals surface area contributed by atoms with Gasteiger partial charge in [-0.3, -0.25) is 14.4 Å². The van der Waals surface area contributed by atoms with E-state index in [1.165, 1.54) is 19.2 Å². The molecular formula is C23H26N2O7. The number of carboxylic acids is 2. The molecule has 0 radical (unpaired) electrons. The molecular weight excluding hydrogens is 416 g/mol. The Morgan fingerprint density at radius 1 is 1.00 bits per heavy atom. The summed E-state index contributed by atoms with van der Waals surface area (Å²) in [5, 5.41) is 21.5. The lowest BCUT2D eigenvalue weighted by atomic mass is 9.87. The maximum atomic E-state index is 12.4. The predicted octanol–water partition coefficient (Wildman–Crippen LogP) is 1.45. The molecule has 2 aromatic carbocycles. The fourth-order valence-electron chi connectivity index (χ4n) is 3.16. The van der Waals surface area contributed by atoms with Crippen molar-refractivity contribution in [3.05, 3.63) is 71.3 Å². The van der Waals surface area contributed by atoms with Crippen LogP contribution in [0.3, 0.4) is 0 Å². The summed E-state index contributed by atoms with van der Waals surface area (Å²) in [5.74, 6) is -3.59. The van der Waals surface area contributed by atoms with Crippen LogP contribution in [0.1, 0.15) is 35.6 Å². The zero-order chi connectivity index (χ0) is 23.7. The van der Waals surface area contributed by atoms with Crippen LogP contribution in [0.2, 0.25) is 0 Å². The van der Waals surface area contributed by atoms with Gasteiger partial charge < -0.3 is 26.0 Å². The standard InChI is InChI=1S/C23H26N2O7/c1-32-19(27)13-15-7-9-17(10-8-15)20(21(28)29)25-18(26)11-12-23(24,22(30)31)14-16-5-3-2-4-6-16/h2-10,20H,11-14,24H2,1H3,(H,25,26)(H,28,29)(H,30,31)/t20?,23-/m1/s1. The summed E-state index contributed by atoms with van der Waals surface area (Å²) in [6.45, 7) is 0. The first kappa shape index (κ1) is 24.5. The number of carbonyl (C=O) groups is 4. The van der Waals surface area contributed by atoms with Crippen LogP contribution in [0.25, 0.3) is 0 Å². The highest BCUT2D eigenvalue weighted by molar-refractivity contribution is 5.86. The molecule has 1 amide bonds. The number of hydrogen-bond acceptors (Lipinski definition) is 6. The molecule has 9 heteroatoms. The van der Waals surface area contributed by atoms with E-state index in [-0.39, 0.29) is 25.7 Å². The quantitative estimate of drug-likeness (QED) is 0.381. The Balaban J connectivity index is 2.03. The molecule has 0 heterocycles. The summed E-state index contributed by atoms with van der Waals surface area (Å²) in [6.07, 6.45) is -0.371. The largest absolute Gasteiger partial charge is 0.480 e. The molecule has 9 nitrogen and oxygen atoms in total. The van der Waals surface area contributed by atoms with Crippen molar-refractivity contribution in [3.63, 3.8) is 0 Å². The first-order valence-corrected chi connectivity index (χ1v) is 9.88. The molecule has 0 spiro atoms. The topological polar surface area (TPSA) is 156 Å². The third kappa shape index (κ3) is 6.92. The first-order valence-electron chi connectivity index (χ1n) is 9.88. The number of hydrogen-bond donors (Lipinski definition) is 4. The lowest BCUT2D eigenvalue weighted by Gasteiger charge is -2.25. The molecule has 1 unspecified atom stereocenters. The highest BCUT2D eigenvalue weighted by atomic mass is 16.5. The number of benzene rings is 2. The molecule has 0 aliphatic rings. The third-order valence-electron chi connectivity index (χ3n) is 5.03. The molecule has 0 bridgehead atoms. The van der Waals surface area contributed by atoms with Crippen molar-refractivity contribution in [2.75, 3.05) is 7.11 Å². The van der Waals surface area contributed by atoms with E-state index < -0.39 is 35.4 Å². The molecule has 2 atom stereocenters. The van der Waals surface area contributed by atoms with Gasteiger partial charge >= 0.3 is 17.9 Å². The molecule has 0 aliphatic heterocycles. The zero-order valence-corrected chi connectivity index (χ0v) is 17.6. The van der Waals surface area contributed by atoms with E-state index in [0.29, 0.717) is 16.7 Å². The zero-order valence-electron chi connectivity index (χ0n) is 17.6. The molecule has 0 fully saturated rings. The van der Waals surface area contributed by atoms with Crippen LogP contribution in [0.15, 0.2) is 54.6 Å². The number of rotatable bonds is 11. The molecule has 2 aromatic rings. The molecule has 0 saturated carbocycles.